The minimum atomic E-state index is 0.223. The minimum Gasteiger partial charge on any atom is -0.349 e. The summed E-state index contributed by atoms with van der Waals surface area (Å²) in [4.78, 5) is 15.4. The van der Waals surface area contributed by atoms with E-state index >= 15 is 0 Å². The first-order chi connectivity index (χ1) is 7.70. The van der Waals surface area contributed by atoms with Gasteiger partial charge in [0.15, 0.2) is 0 Å². The number of carbonyl (C=O) groups is 1. The second-order valence-electron chi connectivity index (χ2n) is 4.69. The Bertz CT molecular complexity index is 200. The van der Waals surface area contributed by atoms with Crippen LogP contribution in [0.4, 0.5) is 0 Å². The smallest absolute Gasteiger partial charge is 0.222 e. The first kappa shape index (κ1) is 13.5. The molecule has 1 aliphatic heterocycles. The molecule has 1 amide bonds. The normalized spacial score (nSPS) is 16.6. The largest absolute Gasteiger partial charge is 0.349 e. The number of hydrogen-bond donors (Lipinski definition) is 1. The van der Waals surface area contributed by atoms with Gasteiger partial charge in [0, 0.05) is 33.6 Å². The van der Waals surface area contributed by atoms with E-state index in [1.807, 2.05) is 14.1 Å². The summed E-state index contributed by atoms with van der Waals surface area (Å²) in [7, 11) is 3.62. The highest BCUT2D eigenvalue weighted by Crippen LogP contribution is 2.05. The van der Waals surface area contributed by atoms with E-state index in [2.05, 4.69) is 10.2 Å². The molecule has 1 aliphatic rings. The Kier molecular flexibility index (Phi) is 6.42. The molecule has 4 nitrogen and oxygen atoms in total. The van der Waals surface area contributed by atoms with Crippen molar-refractivity contribution in [2.24, 2.45) is 0 Å². The van der Waals surface area contributed by atoms with Gasteiger partial charge in [0.25, 0.3) is 0 Å². The van der Waals surface area contributed by atoms with E-state index < -0.39 is 0 Å². The van der Waals surface area contributed by atoms with Crippen molar-refractivity contribution >= 4 is 5.91 Å². The van der Waals surface area contributed by atoms with Gasteiger partial charge in [-0.1, -0.05) is 0 Å². The van der Waals surface area contributed by atoms with Gasteiger partial charge in [0.2, 0.25) is 5.91 Å². The number of carbonyl (C=O) groups excluding carboxylic acids is 1. The molecule has 0 spiro atoms. The summed E-state index contributed by atoms with van der Waals surface area (Å²) in [6, 6.07) is 0. The maximum Gasteiger partial charge on any atom is 0.222 e. The van der Waals surface area contributed by atoms with E-state index in [4.69, 9.17) is 0 Å². The number of likely N-dealkylation sites (tertiary alicyclic amines) is 1. The fraction of sp³-hybridized carbons (Fsp3) is 0.917. The van der Waals surface area contributed by atoms with Crippen LogP contribution in [-0.2, 0) is 4.79 Å². The van der Waals surface area contributed by atoms with Crippen LogP contribution < -0.4 is 5.32 Å². The van der Waals surface area contributed by atoms with E-state index in [1.54, 1.807) is 4.90 Å². The molecule has 0 aromatic heterocycles. The van der Waals surface area contributed by atoms with Gasteiger partial charge in [0.1, 0.15) is 0 Å². The van der Waals surface area contributed by atoms with Crippen LogP contribution in [0, 0.1) is 0 Å². The van der Waals surface area contributed by atoms with Crippen molar-refractivity contribution in [1.29, 1.82) is 0 Å². The van der Waals surface area contributed by atoms with E-state index in [-0.39, 0.29) is 5.91 Å². The Balaban J connectivity index is 1.86. The van der Waals surface area contributed by atoms with Crippen LogP contribution in [0.25, 0.3) is 0 Å². The molecule has 1 fully saturated rings. The third-order valence-electron chi connectivity index (χ3n) is 3.05. The predicted octanol–water partition coefficient (Wildman–Crippen LogP) is 0.540. The maximum absolute atomic E-state index is 11.3. The van der Waals surface area contributed by atoms with E-state index in [9.17, 15) is 4.79 Å². The number of nitrogens with one attached hydrogen (secondary N) is 1. The molecular formula is C12H25N3O. The van der Waals surface area contributed by atoms with Gasteiger partial charge < -0.3 is 15.1 Å². The number of hydrogen-bond acceptors (Lipinski definition) is 3. The van der Waals surface area contributed by atoms with Gasteiger partial charge in [-0.3, -0.25) is 4.79 Å². The summed E-state index contributed by atoms with van der Waals surface area (Å²) in [5.41, 5.74) is 0. The molecule has 0 aromatic carbocycles. The van der Waals surface area contributed by atoms with Crippen LogP contribution >= 0.6 is 0 Å². The van der Waals surface area contributed by atoms with Crippen molar-refractivity contribution in [3.63, 3.8) is 0 Å². The summed E-state index contributed by atoms with van der Waals surface area (Å²) in [5.74, 6) is 0.223. The minimum absolute atomic E-state index is 0.223. The molecule has 0 atom stereocenters. The topological polar surface area (TPSA) is 35.6 Å². The molecule has 94 valence electrons. The lowest BCUT2D eigenvalue weighted by molar-refractivity contribution is -0.128. The summed E-state index contributed by atoms with van der Waals surface area (Å²) < 4.78 is 0. The molecule has 1 heterocycles. The second kappa shape index (κ2) is 7.63. The Hall–Kier alpha value is -0.610. The highest BCUT2D eigenvalue weighted by Gasteiger charge is 2.09. The van der Waals surface area contributed by atoms with Crippen LogP contribution in [-0.4, -0.2) is 62.5 Å². The van der Waals surface area contributed by atoms with E-state index in [0.29, 0.717) is 6.42 Å². The van der Waals surface area contributed by atoms with Gasteiger partial charge in [-0.2, -0.15) is 0 Å². The molecule has 16 heavy (non-hydrogen) atoms. The summed E-state index contributed by atoms with van der Waals surface area (Å²) in [6.07, 6.45) is 4.31. The molecule has 0 aromatic rings. The summed E-state index contributed by atoms with van der Waals surface area (Å²) in [5, 5.41) is 3.39. The number of amides is 1. The molecule has 0 saturated carbocycles. The fourth-order valence-electron chi connectivity index (χ4n) is 1.96. The third-order valence-corrected chi connectivity index (χ3v) is 3.05. The zero-order valence-electron chi connectivity index (χ0n) is 10.7. The predicted molar refractivity (Wildman–Crippen MR) is 66.5 cm³/mol. The van der Waals surface area contributed by atoms with Gasteiger partial charge in [-0.05, 0) is 38.9 Å². The van der Waals surface area contributed by atoms with Crippen LogP contribution in [0.3, 0.4) is 0 Å². The highest BCUT2D eigenvalue weighted by molar-refractivity contribution is 5.75. The van der Waals surface area contributed by atoms with Crippen molar-refractivity contribution < 1.29 is 4.79 Å². The Morgan fingerprint density at radius 3 is 2.56 bits per heavy atom. The SMILES string of the molecule is CN(C)C(=O)CCCNCCN1CCCC1. The van der Waals surface area contributed by atoms with Gasteiger partial charge in [0.05, 0.1) is 0 Å². The lowest BCUT2D eigenvalue weighted by atomic mass is 10.3. The number of nitrogens with zero attached hydrogens (tertiary/aromatic N) is 2. The van der Waals surface area contributed by atoms with Crippen molar-refractivity contribution in [2.45, 2.75) is 25.7 Å². The molecule has 0 unspecified atom stereocenters. The van der Waals surface area contributed by atoms with Gasteiger partial charge in [-0.15, -0.1) is 0 Å². The maximum atomic E-state index is 11.3. The van der Waals surface area contributed by atoms with Crippen molar-refractivity contribution in [2.75, 3.05) is 46.8 Å². The molecule has 1 rings (SSSR count). The average Bonchev–Trinajstić information content (AvgIpc) is 2.75. The van der Waals surface area contributed by atoms with Crippen LogP contribution in [0.2, 0.25) is 0 Å². The Morgan fingerprint density at radius 1 is 1.25 bits per heavy atom. The second-order valence-corrected chi connectivity index (χ2v) is 4.69. The standard InChI is InChI=1S/C12H25N3O/c1-14(2)12(16)6-5-7-13-8-11-15-9-3-4-10-15/h13H,3-11H2,1-2H3. The van der Waals surface area contributed by atoms with E-state index in [1.165, 1.54) is 25.9 Å². The first-order valence-corrected chi connectivity index (χ1v) is 6.33. The first-order valence-electron chi connectivity index (χ1n) is 6.33. The van der Waals surface area contributed by atoms with Crippen LogP contribution in [0.15, 0.2) is 0 Å². The highest BCUT2D eigenvalue weighted by atomic mass is 16.2. The summed E-state index contributed by atoms with van der Waals surface area (Å²) >= 11 is 0. The van der Waals surface area contributed by atoms with Gasteiger partial charge >= 0.3 is 0 Å². The monoisotopic (exact) mass is 227 g/mol. The average molecular weight is 227 g/mol. The van der Waals surface area contributed by atoms with E-state index in [0.717, 1.165) is 26.1 Å². The van der Waals surface area contributed by atoms with Crippen LogP contribution in [0.1, 0.15) is 25.7 Å². The van der Waals surface area contributed by atoms with Gasteiger partial charge in [-0.25, -0.2) is 0 Å². The quantitative estimate of drug-likeness (QED) is 0.645. The molecule has 1 saturated heterocycles. The van der Waals surface area contributed by atoms with Crippen molar-refractivity contribution in [3.05, 3.63) is 0 Å². The zero-order chi connectivity index (χ0) is 11.8. The van der Waals surface area contributed by atoms with Crippen LogP contribution in [0.5, 0.6) is 0 Å². The Morgan fingerprint density at radius 2 is 1.94 bits per heavy atom. The zero-order valence-corrected chi connectivity index (χ0v) is 10.7. The number of rotatable bonds is 7. The molecular weight excluding hydrogens is 202 g/mol. The Labute approximate surface area is 99.0 Å². The lowest BCUT2D eigenvalue weighted by Crippen LogP contribution is -2.31. The molecule has 4 heteroatoms. The van der Waals surface area contributed by atoms with Crippen molar-refractivity contribution in [1.82, 2.24) is 15.1 Å². The lowest BCUT2D eigenvalue weighted by Gasteiger charge is -2.14. The molecule has 0 aliphatic carbocycles. The molecule has 0 radical (unpaired) electrons. The summed E-state index contributed by atoms with van der Waals surface area (Å²) in [6.45, 7) is 5.69. The molecule has 0 bridgehead atoms. The molecule has 1 N–H and O–H groups in total. The third kappa shape index (κ3) is 5.47. The van der Waals surface area contributed by atoms with Crippen molar-refractivity contribution in [3.8, 4) is 0 Å². The fourth-order valence-corrected chi connectivity index (χ4v) is 1.96.